The molecule has 120 valence electrons. The maximum absolute atomic E-state index is 11.1. The van der Waals surface area contributed by atoms with Crippen LogP contribution in [0.3, 0.4) is 0 Å². The van der Waals surface area contributed by atoms with Gasteiger partial charge in [0.25, 0.3) is 5.69 Å². The Morgan fingerprint density at radius 1 is 1.33 bits per heavy atom. The number of pyridine rings is 1. The number of carbonyl (C=O) groups excluding carboxylic acids is 1. The first kappa shape index (κ1) is 15.4. The molecule has 3 aromatic rings. The maximum Gasteiger partial charge on any atom is 0.270 e. The number of nitrogens with zero attached hydrogens (tertiary/aromatic N) is 3. The molecule has 2 aromatic heterocycles. The molecule has 0 atom stereocenters. The van der Waals surface area contributed by atoms with Gasteiger partial charge in [0, 0.05) is 30.0 Å². The number of primary amides is 1. The molecule has 0 fully saturated rings. The smallest absolute Gasteiger partial charge is 0.270 e. The molecule has 0 saturated carbocycles. The van der Waals surface area contributed by atoms with Crippen molar-refractivity contribution in [3.8, 4) is 11.3 Å². The number of hydrogen-bond donors (Lipinski definition) is 1. The van der Waals surface area contributed by atoms with Gasteiger partial charge >= 0.3 is 0 Å². The highest BCUT2D eigenvalue weighted by Gasteiger charge is 2.15. The molecule has 0 aliphatic carbocycles. The average molecular weight is 322 g/mol. The number of non-ortho nitro benzene ring substituents is 1. The monoisotopic (exact) mass is 322 g/mol. The van der Waals surface area contributed by atoms with Crippen molar-refractivity contribution >= 4 is 23.3 Å². The lowest BCUT2D eigenvalue weighted by atomic mass is 10.1. The van der Waals surface area contributed by atoms with E-state index in [-0.39, 0.29) is 5.69 Å². The molecular formula is C17H14N4O3. The van der Waals surface area contributed by atoms with Crippen LogP contribution in [-0.4, -0.2) is 20.2 Å². The van der Waals surface area contributed by atoms with Crippen molar-refractivity contribution in [2.75, 3.05) is 0 Å². The molecule has 0 aliphatic rings. The highest BCUT2D eigenvalue weighted by molar-refractivity contribution is 5.91. The van der Waals surface area contributed by atoms with Crippen molar-refractivity contribution in [3.63, 3.8) is 0 Å². The van der Waals surface area contributed by atoms with Crippen molar-refractivity contribution in [1.82, 2.24) is 9.38 Å². The third-order valence-corrected chi connectivity index (χ3v) is 3.62. The van der Waals surface area contributed by atoms with Gasteiger partial charge in [-0.25, -0.2) is 4.98 Å². The fourth-order valence-electron chi connectivity index (χ4n) is 2.52. The summed E-state index contributed by atoms with van der Waals surface area (Å²) >= 11 is 0. The molecule has 0 unspecified atom stereocenters. The summed E-state index contributed by atoms with van der Waals surface area (Å²) in [6.45, 7) is 1.92. The predicted molar refractivity (Wildman–Crippen MR) is 90.2 cm³/mol. The molecule has 0 spiro atoms. The zero-order valence-electron chi connectivity index (χ0n) is 12.8. The number of amides is 1. The van der Waals surface area contributed by atoms with E-state index in [1.54, 1.807) is 18.2 Å². The van der Waals surface area contributed by atoms with Gasteiger partial charge in [-0.1, -0.05) is 18.2 Å². The van der Waals surface area contributed by atoms with E-state index in [1.807, 2.05) is 29.7 Å². The lowest BCUT2D eigenvalue weighted by Crippen LogP contribution is -2.05. The lowest BCUT2D eigenvalue weighted by Gasteiger charge is -2.01. The summed E-state index contributed by atoms with van der Waals surface area (Å²) in [5, 5.41) is 11.0. The maximum atomic E-state index is 11.1. The minimum atomic E-state index is -0.581. The van der Waals surface area contributed by atoms with Crippen LogP contribution in [0.25, 0.3) is 23.0 Å². The summed E-state index contributed by atoms with van der Waals surface area (Å²) in [4.78, 5) is 26.3. The Morgan fingerprint density at radius 2 is 2.12 bits per heavy atom. The van der Waals surface area contributed by atoms with Crippen LogP contribution < -0.4 is 5.73 Å². The number of rotatable bonds is 4. The number of nitro benzene ring substituents is 1. The molecule has 0 radical (unpaired) electrons. The van der Waals surface area contributed by atoms with E-state index in [9.17, 15) is 14.9 Å². The molecule has 0 saturated heterocycles. The first-order valence-corrected chi connectivity index (χ1v) is 7.17. The van der Waals surface area contributed by atoms with Gasteiger partial charge in [0.1, 0.15) is 5.65 Å². The Balaban J connectivity index is 2.28. The number of nitro groups is 1. The number of imidazole rings is 1. The van der Waals surface area contributed by atoms with Crippen LogP contribution in [0.15, 0.2) is 48.7 Å². The largest absolute Gasteiger partial charge is 0.366 e. The topological polar surface area (TPSA) is 104 Å². The molecule has 1 amide bonds. The van der Waals surface area contributed by atoms with Gasteiger partial charge in [0.05, 0.1) is 16.3 Å². The molecule has 2 N–H and O–H groups in total. The van der Waals surface area contributed by atoms with Crippen LogP contribution >= 0.6 is 0 Å². The number of benzene rings is 1. The predicted octanol–water partition coefficient (Wildman–Crippen LogP) is 2.72. The fraction of sp³-hybridized carbons (Fsp3) is 0.0588. The number of nitrogens with two attached hydrogens (primary N) is 1. The zero-order chi connectivity index (χ0) is 17.3. The number of aromatic nitrogens is 2. The summed E-state index contributed by atoms with van der Waals surface area (Å²) in [6, 6.07) is 10.0. The molecule has 24 heavy (non-hydrogen) atoms. The minimum absolute atomic E-state index is 0.0221. The van der Waals surface area contributed by atoms with Crippen LogP contribution in [0.5, 0.6) is 0 Å². The van der Waals surface area contributed by atoms with Gasteiger partial charge in [-0.05, 0) is 24.6 Å². The van der Waals surface area contributed by atoms with Crippen molar-refractivity contribution in [3.05, 3.63) is 70.0 Å². The average Bonchev–Trinajstić information content (AvgIpc) is 2.93. The van der Waals surface area contributed by atoms with Gasteiger partial charge in [0.15, 0.2) is 0 Å². The number of hydrogen-bond acceptors (Lipinski definition) is 4. The van der Waals surface area contributed by atoms with E-state index >= 15 is 0 Å². The minimum Gasteiger partial charge on any atom is -0.366 e. The van der Waals surface area contributed by atoms with E-state index in [4.69, 9.17) is 5.73 Å². The third-order valence-electron chi connectivity index (χ3n) is 3.62. The SMILES string of the molecule is Cc1cccn2c(/C=C\C(N)=O)c(-c3cccc([N+](=O)[O-])c3)nc12. The van der Waals surface area contributed by atoms with Crippen molar-refractivity contribution in [1.29, 1.82) is 0 Å². The molecule has 0 aliphatic heterocycles. The summed E-state index contributed by atoms with van der Waals surface area (Å²) in [6.07, 6.45) is 4.62. The number of aryl methyl sites for hydroxylation is 1. The van der Waals surface area contributed by atoms with Crippen LogP contribution in [0.1, 0.15) is 11.3 Å². The standard InChI is InChI=1S/C17H14N4O3/c1-11-4-3-9-20-14(7-8-15(18)22)16(19-17(11)20)12-5-2-6-13(10-12)21(23)24/h2-10H,1H3,(H2,18,22)/b8-7-. The highest BCUT2D eigenvalue weighted by atomic mass is 16.6. The molecule has 7 nitrogen and oxygen atoms in total. The Bertz CT molecular complexity index is 989. The van der Waals surface area contributed by atoms with Gasteiger partial charge in [-0.3, -0.25) is 19.3 Å². The Morgan fingerprint density at radius 3 is 2.83 bits per heavy atom. The number of fused-ring (bicyclic) bond motifs is 1. The summed E-state index contributed by atoms with van der Waals surface area (Å²) < 4.78 is 1.82. The van der Waals surface area contributed by atoms with Gasteiger partial charge in [-0.15, -0.1) is 0 Å². The van der Waals surface area contributed by atoms with Crippen molar-refractivity contribution < 1.29 is 9.72 Å². The molecular weight excluding hydrogens is 308 g/mol. The van der Waals surface area contributed by atoms with Crippen LogP contribution in [0.4, 0.5) is 5.69 Å². The van der Waals surface area contributed by atoms with E-state index in [0.29, 0.717) is 22.6 Å². The second-order valence-electron chi connectivity index (χ2n) is 5.27. The normalized spacial score (nSPS) is 11.2. The zero-order valence-corrected chi connectivity index (χ0v) is 12.8. The third kappa shape index (κ3) is 2.74. The van der Waals surface area contributed by atoms with E-state index < -0.39 is 10.8 Å². The molecule has 2 heterocycles. The Labute approximate surface area is 137 Å². The summed E-state index contributed by atoms with van der Waals surface area (Å²) in [5.41, 5.74) is 8.60. The molecule has 3 rings (SSSR count). The quantitative estimate of drug-likeness (QED) is 0.453. The second kappa shape index (κ2) is 5.96. The first-order valence-electron chi connectivity index (χ1n) is 7.17. The van der Waals surface area contributed by atoms with E-state index in [0.717, 1.165) is 5.56 Å². The highest BCUT2D eigenvalue weighted by Crippen LogP contribution is 2.29. The Kier molecular flexibility index (Phi) is 3.83. The van der Waals surface area contributed by atoms with E-state index in [2.05, 4.69) is 4.98 Å². The second-order valence-corrected chi connectivity index (χ2v) is 5.27. The summed E-state index contributed by atoms with van der Waals surface area (Å²) in [5.74, 6) is -0.581. The van der Waals surface area contributed by atoms with E-state index in [1.165, 1.54) is 18.2 Å². The van der Waals surface area contributed by atoms with Gasteiger partial charge < -0.3 is 5.73 Å². The van der Waals surface area contributed by atoms with Crippen LogP contribution in [0.2, 0.25) is 0 Å². The molecule has 7 heteroatoms. The first-order chi connectivity index (χ1) is 11.5. The lowest BCUT2D eigenvalue weighted by molar-refractivity contribution is -0.384. The van der Waals surface area contributed by atoms with Crippen LogP contribution in [-0.2, 0) is 4.79 Å². The summed E-state index contributed by atoms with van der Waals surface area (Å²) in [7, 11) is 0. The van der Waals surface area contributed by atoms with Crippen molar-refractivity contribution in [2.24, 2.45) is 5.73 Å². The molecule has 1 aromatic carbocycles. The number of carbonyl (C=O) groups is 1. The Hall–Kier alpha value is -3.48. The van der Waals surface area contributed by atoms with Crippen LogP contribution in [0, 0.1) is 17.0 Å². The van der Waals surface area contributed by atoms with Gasteiger partial charge in [0.2, 0.25) is 5.91 Å². The van der Waals surface area contributed by atoms with Crippen molar-refractivity contribution in [2.45, 2.75) is 6.92 Å². The van der Waals surface area contributed by atoms with Gasteiger partial charge in [-0.2, -0.15) is 0 Å². The molecule has 0 bridgehead atoms. The fourth-order valence-corrected chi connectivity index (χ4v) is 2.52.